The molecule has 0 radical (unpaired) electrons. The van der Waals surface area contributed by atoms with Crippen LogP contribution in [0.25, 0.3) is 15.9 Å². The van der Waals surface area contributed by atoms with Gasteiger partial charge in [-0.25, -0.2) is 19.3 Å². The van der Waals surface area contributed by atoms with Crippen LogP contribution in [-0.4, -0.2) is 42.4 Å². The summed E-state index contributed by atoms with van der Waals surface area (Å²) < 4.78 is 46.4. The van der Waals surface area contributed by atoms with E-state index in [-0.39, 0.29) is 12.5 Å². The number of fused-ring (bicyclic) bond motifs is 3. The van der Waals surface area contributed by atoms with Crippen molar-refractivity contribution in [1.82, 2.24) is 29.4 Å². The predicted molar refractivity (Wildman–Crippen MR) is 103 cm³/mol. The molecular formula is C18H17F3N6O2S. The minimum atomic E-state index is -4.49. The second-order valence-electron chi connectivity index (χ2n) is 6.96. The Morgan fingerprint density at radius 3 is 2.67 bits per heavy atom. The standard InChI is InChI=1S/C18H17F3N6O2S/c1-8(6-26-9(2)5-11(24-26)18(19,20)21)14-23-15-12-10(3)13(17(28)29-4)30-16(12)22-7-27(15)25-14/h5,7-8H,6H2,1-4H3. The van der Waals surface area contributed by atoms with Gasteiger partial charge in [0.25, 0.3) is 0 Å². The van der Waals surface area contributed by atoms with Crippen molar-refractivity contribution in [1.29, 1.82) is 0 Å². The Bertz CT molecular complexity index is 1270. The van der Waals surface area contributed by atoms with Crippen LogP contribution >= 0.6 is 11.3 Å². The number of thiophene rings is 1. The van der Waals surface area contributed by atoms with E-state index in [4.69, 9.17) is 4.74 Å². The number of hydrogen-bond acceptors (Lipinski definition) is 7. The van der Waals surface area contributed by atoms with Gasteiger partial charge < -0.3 is 4.74 Å². The minimum Gasteiger partial charge on any atom is -0.465 e. The summed E-state index contributed by atoms with van der Waals surface area (Å²) in [6.45, 7) is 5.36. The van der Waals surface area contributed by atoms with Crippen LogP contribution in [0.15, 0.2) is 12.4 Å². The van der Waals surface area contributed by atoms with Crippen molar-refractivity contribution in [2.24, 2.45) is 0 Å². The molecule has 4 aromatic rings. The molecule has 0 N–H and O–H groups in total. The molecule has 0 aromatic carbocycles. The van der Waals surface area contributed by atoms with E-state index >= 15 is 0 Å². The lowest BCUT2D eigenvalue weighted by molar-refractivity contribution is -0.141. The molecule has 0 amide bonds. The summed E-state index contributed by atoms with van der Waals surface area (Å²) in [6, 6.07) is 1.01. The van der Waals surface area contributed by atoms with Crippen molar-refractivity contribution in [2.45, 2.75) is 39.4 Å². The van der Waals surface area contributed by atoms with Crippen molar-refractivity contribution in [2.75, 3.05) is 7.11 Å². The van der Waals surface area contributed by atoms with Crippen molar-refractivity contribution in [3.63, 3.8) is 0 Å². The molecule has 0 fully saturated rings. The molecule has 0 aliphatic carbocycles. The van der Waals surface area contributed by atoms with Crippen molar-refractivity contribution in [3.05, 3.63) is 40.0 Å². The maximum Gasteiger partial charge on any atom is 0.435 e. The number of nitrogens with zero attached hydrogens (tertiary/aromatic N) is 6. The minimum absolute atomic E-state index is 0.186. The van der Waals surface area contributed by atoms with Crippen LogP contribution in [0.4, 0.5) is 13.2 Å². The SMILES string of the molecule is COC(=O)c1sc2ncn3nc(C(C)Cn4nc(C(F)(F)F)cc4C)nc3c2c1C. The molecule has 8 nitrogen and oxygen atoms in total. The third kappa shape index (κ3) is 3.30. The van der Waals surface area contributed by atoms with E-state index in [1.807, 2.05) is 6.92 Å². The van der Waals surface area contributed by atoms with Gasteiger partial charge in [-0.1, -0.05) is 6.92 Å². The lowest BCUT2D eigenvalue weighted by Crippen LogP contribution is -2.12. The Morgan fingerprint density at radius 2 is 2.03 bits per heavy atom. The predicted octanol–water partition coefficient (Wildman–Crippen LogP) is 3.76. The molecule has 0 bridgehead atoms. The van der Waals surface area contributed by atoms with Crippen molar-refractivity contribution in [3.8, 4) is 0 Å². The largest absolute Gasteiger partial charge is 0.465 e. The Hall–Kier alpha value is -3.02. The first-order valence-corrected chi connectivity index (χ1v) is 9.76. The first-order valence-electron chi connectivity index (χ1n) is 8.94. The average Bonchev–Trinajstić information content (AvgIpc) is 3.36. The zero-order valence-corrected chi connectivity index (χ0v) is 17.3. The number of aryl methyl sites for hydroxylation is 2. The molecule has 1 atom stereocenters. The molecule has 0 aliphatic rings. The number of halogens is 3. The summed E-state index contributed by atoms with van der Waals surface area (Å²) in [5, 5.41) is 8.79. The monoisotopic (exact) mass is 438 g/mol. The molecule has 1 unspecified atom stereocenters. The van der Waals surface area contributed by atoms with Gasteiger partial charge in [0.1, 0.15) is 16.0 Å². The van der Waals surface area contributed by atoms with Gasteiger partial charge >= 0.3 is 12.1 Å². The van der Waals surface area contributed by atoms with Crippen LogP contribution in [0, 0.1) is 13.8 Å². The van der Waals surface area contributed by atoms with E-state index in [0.29, 0.717) is 37.8 Å². The average molecular weight is 438 g/mol. The summed E-state index contributed by atoms with van der Waals surface area (Å²) in [7, 11) is 1.31. The van der Waals surface area contributed by atoms with E-state index in [1.54, 1.807) is 13.8 Å². The molecule has 0 spiro atoms. The van der Waals surface area contributed by atoms with Gasteiger partial charge in [0.2, 0.25) is 0 Å². The van der Waals surface area contributed by atoms with Gasteiger partial charge in [0, 0.05) is 11.6 Å². The molecule has 0 aliphatic heterocycles. The molecule has 4 rings (SSSR count). The third-order valence-electron chi connectivity index (χ3n) is 4.81. The van der Waals surface area contributed by atoms with Gasteiger partial charge in [0.15, 0.2) is 17.2 Å². The zero-order chi connectivity index (χ0) is 21.8. The highest BCUT2D eigenvalue weighted by Gasteiger charge is 2.34. The molecule has 30 heavy (non-hydrogen) atoms. The van der Waals surface area contributed by atoms with E-state index in [9.17, 15) is 18.0 Å². The first-order chi connectivity index (χ1) is 14.1. The molecule has 12 heteroatoms. The van der Waals surface area contributed by atoms with Crippen molar-refractivity contribution >= 4 is 33.2 Å². The Kier molecular flexibility index (Phi) is 4.76. The summed E-state index contributed by atoms with van der Waals surface area (Å²) in [4.78, 5) is 22.0. The van der Waals surface area contributed by atoms with Crippen molar-refractivity contribution < 1.29 is 22.7 Å². The van der Waals surface area contributed by atoms with Crippen LogP contribution < -0.4 is 0 Å². The summed E-state index contributed by atoms with van der Waals surface area (Å²) in [6.07, 6.45) is -3.00. The third-order valence-corrected chi connectivity index (χ3v) is 5.99. The molecular weight excluding hydrogens is 421 g/mol. The molecule has 0 saturated carbocycles. The van der Waals surface area contributed by atoms with Gasteiger partial charge in [-0.05, 0) is 25.5 Å². The maximum absolute atomic E-state index is 12.9. The second kappa shape index (κ2) is 7.04. The number of carbonyl (C=O) groups is 1. The number of aromatic nitrogens is 6. The van der Waals surface area contributed by atoms with E-state index in [2.05, 4.69) is 20.2 Å². The van der Waals surface area contributed by atoms with Crippen LogP contribution in [0.1, 0.15) is 45.3 Å². The van der Waals surface area contributed by atoms with E-state index < -0.39 is 17.8 Å². The molecule has 0 saturated heterocycles. The molecule has 4 heterocycles. The quantitative estimate of drug-likeness (QED) is 0.451. The highest BCUT2D eigenvalue weighted by Crippen LogP contribution is 2.33. The van der Waals surface area contributed by atoms with E-state index in [1.165, 1.54) is 34.0 Å². The van der Waals surface area contributed by atoms with E-state index in [0.717, 1.165) is 6.07 Å². The fourth-order valence-electron chi connectivity index (χ4n) is 3.22. The number of alkyl halides is 3. The lowest BCUT2D eigenvalue weighted by Gasteiger charge is -2.09. The fourth-order valence-corrected chi connectivity index (χ4v) is 4.28. The summed E-state index contributed by atoms with van der Waals surface area (Å²) in [5.41, 5.74) is 0.701. The highest BCUT2D eigenvalue weighted by molar-refractivity contribution is 7.20. The Morgan fingerprint density at radius 1 is 1.30 bits per heavy atom. The maximum atomic E-state index is 12.9. The number of methoxy groups -OCH3 is 1. The smallest absolute Gasteiger partial charge is 0.435 e. The molecule has 158 valence electrons. The lowest BCUT2D eigenvalue weighted by atomic mass is 10.1. The first kappa shape index (κ1) is 20.3. The fraction of sp³-hybridized carbons (Fsp3) is 0.389. The van der Waals surface area contributed by atoms with Gasteiger partial charge in [0.05, 0.1) is 19.0 Å². The Balaban J connectivity index is 1.71. The topological polar surface area (TPSA) is 87.2 Å². The highest BCUT2D eigenvalue weighted by atomic mass is 32.1. The summed E-state index contributed by atoms with van der Waals surface area (Å²) >= 11 is 1.21. The van der Waals surface area contributed by atoms with Crippen LogP contribution in [0.5, 0.6) is 0 Å². The van der Waals surface area contributed by atoms with Gasteiger partial charge in [-0.2, -0.15) is 18.3 Å². The zero-order valence-electron chi connectivity index (χ0n) is 16.5. The van der Waals surface area contributed by atoms with Crippen LogP contribution in [-0.2, 0) is 17.5 Å². The number of hydrogen-bond donors (Lipinski definition) is 0. The van der Waals surface area contributed by atoms with Crippen LogP contribution in [0.3, 0.4) is 0 Å². The van der Waals surface area contributed by atoms with Crippen LogP contribution in [0.2, 0.25) is 0 Å². The second-order valence-corrected chi connectivity index (χ2v) is 7.96. The molecule has 4 aromatic heterocycles. The number of ether oxygens (including phenoxy) is 1. The number of rotatable bonds is 4. The Labute approximate surface area is 172 Å². The number of esters is 1. The van der Waals surface area contributed by atoms with Gasteiger partial charge in [-0.15, -0.1) is 16.4 Å². The normalized spacial score (nSPS) is 13.3. The van der Waals surface area contributed by atoms with Gasteiger partial charge in [-0.3, -0.25) is 4.68 Å². The number of carbonyl (C=O) groups excluding carboxylic acids is 1. The summed E-state index contributed by atoms with van der Waals surface area (Å²) in [5.74, 6) is -0.312.